The third-order valence-electron chi connectivity index (χ3n) is 8.44. The summed E-state index contributed by atoms with van der Waals surface area (Å²) < 4.78 is 62.5. The zero-order valence-electron chi connectivity index (χ0n) is 32.7. The molecule has 216 valence electrons. The molecule has 2 aromatic carbocycles. The first kappa shape index (κ1) is 20.7. The van der Waals surface area contributed by atoms with E-state index in [0.29, 0.717) is 6.42 Å². The predicted molar refractivity (Wildman–Crippen MR) is 163 cm³/mol. The molecule has 40 heavy (non-hydrogen) atoms. The summed E-state index contributed by atoms with van der Waals surface area (Å²) in [4.78, 5) is 0. The topological polar surface area (TPSA) is 80.7 Å². The van der Waals surface area contributed by atoms with E-state index in [1.165, 1.54) is 4.73 Å². The van der Waals surface area contributed by atoms with Gasteiger partial charge in [-0.05, 0) is 49.7 Å². The van der Waals surface area contributed by atoms with Gasteiger partial charge < -0.3 is 20.3 Å². The minimum atomic E-state index is -2.54. The molecule has 3 aliphatic rings. The number of nitrogens with zero attached hydrogens (tertiary/aromatic N) is 2. The van der Waals surface area contributed by atoms with Crippen LogP contribution in [0.4, 0.5) is 5.69 Å². The van der Waals surface area contributed by atoms with Gasteiger partial charge in [0, 0.05) is 36.5 Å². The first-order valence-electron chi connectivity index (χ1n) is 17.4. The number of para-hydroxylation sites is 2. The lowest BCUT2D eigenvalue weighted by Gasteiger charge is -2.45. The van der Waals surface area contributed by atoms with Gasteiger partial charge in [-0.25, -0.2) is 0 Å². The predicted octanol–water partition coefficient (Wildman–Crippen LogP) is 8.00. The van der Waals surface area contributed by atoms with Gasteiger partial charge in [0.2, 0.25) is 12.8 Å². The second-order valence-corrected chi connectivity index (χ2v) is 13.9. The summed E-state index contributed by atoms with van der Waals surface area (Å²) in [6, 6.07) is 15.5. The summed E-state index contributed by atoms with van der Waals surface area (Å²) in [6.07, 6.45) is 3.39. The SMILES string of the molecule is CC1(C)C=C2C(=[N+]([O-])c3ccccc32)C(C)(C)C1.[2H]OC([2H])([2H])[2H].[2H]On1c2c(c3ccccc31)[C@@H](OC([2H])([2H])[2H])C(C)(C)CC2(C)C. The molecular weight excluding hydrogens is 500 g/mol. The van der Waals surface area contributed by atoms with Crippen molar-refractivity contribution in [2.75, 3.05) is 14.1 Å². The molecule has 6 nitrogen and oxygen atoms in total. The second kappa shape index (κ2) is 10.1. The average Bonchev–Trinajstić information content (AvgIpc) is 3.42. The Kier molecular flexibility index (Phi) is 5.22. The Morgan fingerprint density at radius 3 is 2.33 bits per heavy atom. The van der Waals surface area contributed by atoms with Crippen molar-refractivity contribution in [2.45, 2.75) is 79.8 Å². The molecule has 0 saturated carbocycles. The van der Waals surface area contributed by atoms with Gasteiger partial charge in [-0.15, -0.1) is 0 Å². The number of ether oxygens (including phenoxy) is 1. The Balaban J connectivity index is 0.000000191. The number of rotatable bonds is 2. The van der Waals surface area contributed by atoms with Crippen LogP contribution in [0, 0.1) is 21.5 Å². The van der Waals surface area contributed by atoms with Crippen LogP contribution in [-0.4, -0.2) is 41.0 Å². The molecule has 1 atom stereocenters. The monoisotopic (exact) mass is 554 g/mol. The van der Waals surface area contributed by atoms with Crippen LogP contribution in [-0.2, 0) is 10.2 Å². The first-order valence-corrected chi connectivity index (χ1v) is 13.6. The molecule has 3 aromatic rings. The van der Waals surface area contributed by atoms with Gasteiger partial charge >= 0.3 is 1.43 Å². The average molecular weight is 555 g/mol. The molecule has 6 heteroatoms. The van der Waals surface area contributed by atoms with Crippen molar-refractivity contribution in [3.8, 4) is 0 Å². The van der Waals surface area contributed by atoms with Crippen molar-refractivity contribution < 1.29 is 29.4 Å². The van der Waals surface area contributed by atoms with E-state index in [0.717, 1.165) is 55.9 Å². The van der Waals surface area contributed by atoms with Gasteiger partial charge in [0.05, 0.1) is 42.1 Å². The number of allylic oxidation sites excluding steroid dienone is 2. The molecule has 0 fully saturated rings. The Hall–Kier alpha value is -3.09. The van der Waals surface area contributed by atoms with Gasteiger partial charge in [-0.2, -0.15) is 9.47 Å². The highest BCUT2D eigenvalue weighted by atomic mass is 16.5. The summed E-state index contributed by atoms with van der Waals surface area (Å²) in [6.45, 7) is 17.1. The Labute approximate surface area is 250 Å². The number of hydrogen-bond donors (Lipinski definition) is 2. The zero-order valence-corrected chi connectivity index (χ0v) is 24.7. The highest BCUT2D eigenvalue weighted by Crippen LogP contribution is 2.55. The normalized spacial score (nSPS) is 26.0. The standard InChI is InChI=1S/C17H23NO2.C16H19NO.CH4O/c1-16(2)10-17(3,4)15(20-5)13-11-8-6-7-9-12(11)18(19)14(13)16;1-15(2)9-12-11-7-5-6-8-13(11)17(18)14(12)16(3,4)10-15;1-2/h6-9,15,19H,10H2,1-5H3;5-9H,10H2,1-4H3;2H,1H3/t15-;;/m1../s1/i5D3,19D;;1D3,2D. The van der Waals surface area contributed by atoms with Gasteiger partial charge in [-0.1, -0.05) is 78.0 Å². The highest BCUT2D eigenvalue weighted by molar-refractivity contribution is 6.27. The van der Waals surface area contributed by atoms with Crippen LogP contribution < -0.4 is 0 Å². The summed E-state index contributed by atoms with van der Waals surface area (Å²) in [7, 11) is -5.04. The van der Waals surface area contributed by atoms with E-state index in [-0.39, 0.29) is 21.7 Å². The lowest BCUT2D eigenvalue weighted by molar-refractivity contribution is -0.361. The van der Waals surface area contributed by atoms with E-state index in [9.17, 15) is 5.21 Å². The largest absolute Gasteiger partial charge is 0.618 e. The third-order valence-corrected chi connectivity index (χ3v) is 8.44. The van der Waals surface area contributed by atoms with E-state index in [2.05, 4.69) is 58.8 Å². The van der Waals surface area contributed by atoms with E-state index in [4.69, 9.17) is 21.0 Å². The van der Waals surface area contributed by atoms with Gasteiger partial charge in [0.1, 0.15) is 0 Å². The van der Waals surface area contributed by atoms with Crippen LogP contribution in [0.5, 0.6) is 0 Å². The van der Waals surface area contributed by atoms with Gasteiger partial charge in [0.15, 0.2) is 0 Å². The fourth-order valence-electron chi connectivity index (χ4n) is 7.75. The van der Waals surface area contributed by atoms with Crippen LogP contribution in [0.1, 0.15) is 99.4 Å². The van der Waals surface area contributed by atoms with E-state index in [1.54, 1.807) is 0 Å². The number of hydrogen-bond acceptors (Lipinski definition) is 4. The van der Waals surface area contributed by atoms with Crippen molar-refractivity contribution in [3.05, 3.63) is 76.6 Å². The summed E-state index contributed by atoms with van der Waals surface area (Å²) >= 11 is 0. The van der Waals surface area contributed by atoms with Gasteiger partial charge in [-0.3, -0.25) is 0 Å². The van der Waals surface area contributed by atoms with Crippen molar-refractivity contribution in [2.24, 2.45) is 16.2 Å². The van der Waals surface area contributed by atoms with Crippen molar-refractivity contribution in [1.82, 2.24) is 4.73 Å². The van der Waals surface area contributed by atoms with Crippen LogP contribution >= 0.6 is 0 Å². The van der Waals surface area contributed by atoms with Crippen LogP contribution in [0.3, 0.4) is 0 Å². The number of aromatic nitrogens is 1. The van der Waals surface area contributed by atoms with E-state index >= 15 is 0 Å². The fourth-order valence-corrected chi connectivity index (χ4v) is 7.75. The molecule has 6 rings (SSSR count). The number of fused-ring (bicyclic) bond motifs is 6. The molecule has 1 aliphatic heterocycles. The van der Waals surface area contributed by atoms with E-state index < -0.39 is 20.2 Å². The molecular formula is C34H46N2O4. The summed E-state index contributed by atoms with van der Waals surface area (Å²) in [5.41, 5.74) is 5.74. The number of benzene rings is 2. The second-order valence-electron chi connectivity index (χ2n) is 13.9. The van der Waals surface area contributed by atoms with Crippen molar-refractivity contribution >= 4 is 27.9 Å². The highest BCUT2D eigenvalue weighted by Gasteiger charge is 2.49. The molecule has 0 unspecified atom stereocenters. The zero-order chi connectivity index (χ0) is 36.3. The lowest BCUT2D eigenvalue weighted by atomic mass is 9.63. The maximum absolute atomic E-state index is 12.5. The maximum Gasteiger partial charge on any atom is 0.327 e. The van der Waals surface area contributed by atoms with Crippen molar-refractivity contribution in [3.63, 3.8) is 0 Å². The molecule has 0 amide bonds. The van der Waals surface area contributed by atoms with Crippen LogP contribution in [0.25, 0.3) is 16.5 Å². The molecule has 2 N–H and O–H groups in total. The molecule has 0 radical (unpaired) electrons. The van der Waals surface area contributed by atoms with Crippen LogP contribution in [0.15, 0.2) is 54.6 Å². The molecule has 0 spiro atoms. The van der Waals surface area contributed by atoms with Crippen LogP contribution in [0.2, 0.25) is 1.43 Å². The van der Waals surface area contributed by atoms with E-state index in [1.807, 2.05) is 56.3 Å². The minimum absolute atomic E-state index is 0.0750. The minimum Gasteiger partial charge on any atom is -0.618 e. The Bertz CT molecular complexity index is 1730. The maximum atomic E-state index is 12.5. The Morgan fingerprint density at radius 2 is 1.65 bits per heavy atom. The molecule has 2 aliphatic carbocycles. The quantitative estimate of drug-likeness (QED) is 0.191. The number of aliphatic hydroxyl groups is 1. The number of methoxy groups -OCH3 is 1. The Morgan fingerprint density at radius 1 is 0.975 bits per heavy atom. The summed E-state index contributed by atoms with van der Waals surface area (Å²) in [5.74, 6) is 0. The molecule has 0 bridgehead atoms. The summed E-state index contributed by atoms with van der Waals surface area (Å²) in [5, 5.41) is 21.5. The molecule has 1 aromatic heterocycles. The lowest BCUT2D eigenvalue weighted by Crippen LogP contribution is -2.39. The van der Waals surface area contributed by atoms with Gasteiger partial charge in [0.25, 0.3) is 0 Å². The third kappa shape index (κ3) is 4.75. The smallest absolute Gasteiger partial charge is 0.327 e. The molecule has 0 saturated heterocycles. The first-order chi connectivity index (χ1) is 21.9. The fraction of sp³-hybridized carbons (Fsp3) is 0.500. The molecule has 2 heterocycles. The van der Waals surface area contributed by atoms with Crippen molar-refractivity contribution in [1.29, 1.82) is 1.43 Å².